The summed E-state index contributed by atoms with van der Waals surface area (Å²) >= 11 is 0. The fraction of sp³-hybridized carbons (Fsp3) is 0.909. The monoisotopic (exact) mass is 394 g/mol. The molecule has 160 valence electrons. The van der Waals surface area contributed by atoms with Crippen LogP contribution in [0.25, 0.3) is 0 Å². The number of nitrogens with one attached hydrogen (secondary N) is 4. The summed E-state index contributed by atoms with van der Waals surface area (Å²) in [6, 6.07) is 0.739. The highest BCUT2D eigenvalue weighted by molar-refractivity contribution is 5.15. The Labute approximate surface area is 175 Å². The quantitative estimate of drug-likeness (QED) is 0.532. The molecule has 28 heavy (non-hydrogen) atoms. The zero-order valence-corrected chi connectivity index (χ0v) is 17.5. The molecule has 1 saturated carbocycles. The Kier molecular flexibility index (Phi) is 5.86. The Morgan fingerprint density at radius 1 is 1.32 bits per heavy atom. The minimum Gasteiger partial charge on any atom is -0.377 e. The second kappa shape index (κ2) is 9.54. The first-order valence-corrected chi connectivity index (χ1v) is 11.3. The summed E-state index contributed by atoms with van der Waals surface area (Å²) in [6.45, 7) is 3.34. The molecule has 0 bridgehead atoms. The van der Waals surface area contributed by atoms with Crippen molar-refractivity contribution in [2.45, 2.75) is 82.9 Å². The summed E-state index contributed by atoms with van der Waals surface area (Å²) in [7, 11) is 2.21. The van der Waals surface area contributed by atoms with Crippen molar-refractivity contribution in [1.82, 2.24) is 26.2 Å². The maximum absolute atomic E-state index is 7.46. The molecule has 6 nitrogen and oxygen atoms in total. The first-order chi connectivity index (χ1) is 14.8. The predicted molar refractivity (Wildman–Crippen MR) is 114 cm³/mol. The summed E-state index contributed by atoms with van der Waals surface area (Å²) < 4.78 is 28.6. The number of rotatable bonds is 5. The highest BCUT2D eigenvalue weighted by Gasteiger charge is 2.43. The van der Waals surface area contributed by atoms with Crippen LogP contribution in [-0.2, 0) is 4.74 Å². The van der Waals surface area contributed by atoms with Gasteiger partial charge in [0, 0.05) is 35.3 Å². The number of nitrogens with zero attached hydrogens (tertiary/aromatic N) is 1. The highest BCUT2D eigenvalue weighted by atomic mass is 16.5. The van der Waals surface area contributed by atoms with Crippen LogP contribution in [0.15, 0.2) is 11.6 Å². The SMILES string of the molecule is [2H]C([2H])([2H])CNC1CC(C)NC(NC2CC3CCOC3C(C3=CCN(C)CCC3)C2)N1. The normalized spacial score (nSPS) is 44.7. The van der Waals surface area contributed by atoms with Crippen molar-refractivity contribution in [3.63, 3.8) is 0 Å². The summed E-state index contributed by atoms with van der Waals surface area (Å²) in [4.78, 5) is 2.40. The molecule has 7 unspecified atom stereocenters. The van der Waals surface area contributed by atoms with Gasteiger partial charge in [0.15, 0.2) is 0 Å². The largest absolute Gasteiger partial charge is 0.377 e. The van der Waals surface area contributed by atoms with Gasteiger partial charge in [0.25, 0.3) is 0 Å². The van der Waals surface area contributed by atoms with Gasteiger partial charge < -0.3 is 15.0 Å². The number of ether oxygens (including phenoxy) is 1. The molecule has 3 aliphatic heterocycles. The smallest absolute Gasteiger partial charge is 0.113 e. The molecule has 7 atom stereocenters. The first kappa shape index (κ1) is 17.2. The van der Waals surface area contributed by atoms with Gasteiger partial charge >= 0.3 is 0 Å². The fourth-order valence-corrected chi connectivity index (χ4v) is 5.73. The van der Waals surface area contributed by atoms with E-state index in [1.807, 2.05) is 0 Å². The van der Waals surface area contributed by atoms with Crippen LogP contribution in [0.1, 0.15) is 56.4 Å². The second-order valence-electron chi connectivity index (χ2n) is 9.31. The molecule has 3 heterocycles. The maximum Gasteiger partial charge on any atom is 0.113 e. The highest BCUT2D eigenvalue weighted by Crippen LogP contribution is 2.42. The van der Waals surface area contributed by atoms with Crippen molar-refractivity contribution >= 4 is 0 Å². The van der Waals surface area contributed by atoms with Crippen molar-refractivity contribution < 1.29 is 8.85 Å². The Bertz CT molecular complexity index is 631. The zero-order valence-electron chi connectivity index (χ0n) is 20.5. The maximum atomic E-state index is 7.46. The number of hydrogen-bond donors (Lipinski definition) is 4. The molecule has 4 rings (SSSR count). The van der Waals surface area contributed by atoms with Gasteiger partial charge in [-0.2, -0.15) is 0 Å². The van der Waals surface area contributed by atoms with Gasteiger partial charge in [0.2, 0.25) is 0 Å². The molecule has 0 aromatic heterocycles. The standard InChI is InChI=1S/C22H41N5O/c1-4-23-20-12-15(2)24-22(26-20)25-18-13-17-8-11-28-21(17)19(14-18)16-6-5-9-27(3)10-7-16/h7,15,17-26H,4-6,8-14H2,1-3H3/i1D3. The van der Waals surface area contributed by atoms with E-state index in [2.05, 4.69) is 46.2 Å². The molecule has 0 aromatic rings. The molecule has 1 aliphatic carbocycles. The molecule has 0 amide bonds. The molecule has 4 N–H and O–H groups in total. The third-order valence-corrected chi connectivity index (χ3v) is 7.09. The lowest BCUT2D eigenvalue weighted by atomic mass is 9.72. The summed E-state index contributed by atoms with van der Waals surface area (Å²) in [5, 5.41) is 14.1. The van der Waals surface area contributed by atoms with Crippen LogP contribution in [0, 0.1) is 11.8 Å². The number of fused-ring (bicyclic) bond motifs is 1. The lowest BCUT2D eigenvalue weighted by Crippen LogP contribution is -2.68. The molecule has 2 saturated heterocycles. The van der Waals surface area contributed by atoms with Crippen LogP contribution in [0.2, 0.25) is 0 Å². The van der Waals surface area contributed by atoms with Crippen LogP contribution >= 0.6 is 0 Å². The molecular formula is C22H41N5O. The second-order valence-corrected chi connectivity index (χ2v) is 9.31. The van der Waals surface area contributed by atoms with E-state index < -0.39 is 6.85 Å². The van der Waals surface area contributed by atoms with Crippen LogP contribution in [-0.4, -0.2) is 68.8 Å². The van der Waals surface area contributed by atoms with E-state index in [9.17, 15) is 0 Å². The Hall–Kier alpha value is -0.500. The predicted octanol–water partition coefficient (Wildman–Crippen LogP) is 1.60. The van der Waals surface area contributed by atoms with E-state index in [1.54, 1.807) is 5.57 Å². The molecule has 0 spiro atoms. The minimum absolute atomic E-state index is 0.00349. The van der Waals surface area contributed by atoms with Crippen LogP contribution in [0.3, 0.4) is 0 Å². The van der Waals surface area contributed by atoms with E-state index in [1.165, 1.54) is 19.4 Å². The number of likely N-dealkylation sites (N-methyl/N-ethyl adjacent to an activating group) is 1. The van der Waals surface area contributed by atoms with Gasteiger partial charge in [-0.3, -0.25) is 16.0 Å². The summed E-state index contributed by atoms with van der Waals surface area (Å²) in [6.07, 6.45) is 9.53. The fourth-order valence-electron chi connectivity index (χ4n) is 5.73. The van der Waals surface area contributed by atoms with Gasteiger partial charge in [-0.1, -0.05) is 18.5 Å². The minimum atomic E-state index is -1.95. The van der Waals surface area contributed by atoms with Crippen molar-refractivity contribution in [1.29, 1.82) is 0 Å². The van der Waals surface area contributed by atoms with Gasteiger partial charge in [0.1, 0.15) is 6.29 Å². The van der Waals surface area contributed by atoms with Crippen LogP contribution in [0.4, 0.5) is 0 Å². The summed E-state index contributed by atoms with van der Waals surface area (Å²) in [5.41, 5.74) is 1.60. The number of hydrogen-bond acceptors (Lipinski definition) is 6. The Morgan fingerprint density at radius 3 is 3.14 bits per heavy atom. The average molecular weight is 395 g/mol. The van der Waals surface area contributed by atoms with Gasteiger partial charge in [0.05, 0.1) is 12.3 Å². The molecule has 4 aliphatic rings. The topological polar surface area (TPSA) is 60.6 Å². The molecule has 3 fully saturated rings. The van der Waals surface area contributed by atoms with E-state index >= 15 is 0 Å². The van der Waals surface area contributed by atoms with Gasteiger partial charge in [-0.05, 0) is 71.5 Å². The molecule has 6 heteroatoms. The van der Waals surface area contributed by atoms with E-state index in [0.717, 1.165) is 38.8 Å². The third kappa shape index (κ3) is 4.97. The van der Waals surface area contributed by atoms with E-state index in [-0.39, 0.29) is 19.0 Å². The van der Waals surface area contributed by atoms with Gasteiger partial charge in [-0.15, -0.1) is 0 Å². The Balaban J connectivity index is 1.38. The van der Waals surface area contributed by atoms with Crippen molar-refractivity contribution in [2.75, 3.05) is 33.3 Å². The Morgan fingerprint density at radius 2 is 2.25 bits per heavy atom. The lowest BCUT2D eigenvalue weighted by Gasteiger charge is -2.43. The van der Waals surface area contributed by atoms with Gasteiger partial charge in [-0.25, -0.2) is 0 Å². The third-order valence-electron chi connectivity index (χ3n) is 7.09. The molecular weight excluding hydrogens is 350 g/mol. The average Bonchev–Trinajstić information content (AvgIpc) is 3.05. The first-order valence-electron chi connectivity index (χ1n) is 12.8. The van der Waals surface area contributed by atoms with Crippen molar-refractivity contribution in [3.8, 4) is 0 Å². The van der Waals surface area contributed by atoms with Crippen molar-refractivity contribution in [2.24, 2.45) is 11.8 Å². The lowest BCUT2D eigenvalue weighted by molar-refractivity contribution is 0.0176. The zero-order chi connectivity index (χ0) is 22.0. The molecule has 0 radical (unpaired) electrons. The van der Waals surface area contributed by atoms with Crippen LogP contribution < -0.4 is 21.3 Å². The van der Waals surface area contributed by atoms with E-state index in [0.29, 0.717) is 30.0 Å². The van der Waals surface area contributed by atoms with E-state index in [4.69, 9.17) is 8.85 Å². The van der Waals surface area contributed by atoms with Crippen LogP contribution in [0.5, 0.6) is 0 Å². The van der Waals surface area contributed by atoms with Crippen molar-refractivity contribution in [3.05, 3.63) is 11.6 Å². The molecule has 0 aromatic carbocycles. The summed E-state index contributed by atoms with van der Waals surface area (Å²) in [5.74, 6) is 1.14.